The Morgan fingerprint density at radius 1 is 1.19 bits per heavy atom. The van der Waals surface area contributed by atoms with Crippen LogP contribution in [0.4, 0.5) is 5.69 Å². The molecule has 170 valence electrons. The number of cyclic esters (lactones) is 1. The van der Waals surface area contributed by atoms with E-state index in [9.17, 15) is 14.7 Å². The molecule has 1 amide bonds. The predicted octanol–water partition coefficient (Wildman–Crippen LogP) is 4.27. The molecule has 0 aromatic heterocycles. The summed E-state index contributed by atoms with van der Waals surface area (Å²) >= 11 is 0. The van der Waals surface area contributed by atoms with Gasteiger partial charge in [-0.15, -0.1) is 0 Å². The molecule has 2 N–H and O–H groups in total. The Morgan fingerprint density at radius 2 is 1.91 bits per heavy atom. The van der Waals surface area contributed by atoms with Crippen molar-refractivity contribution in [3.8, 4) is 5.75 Å². The maximum atomic E-state index is 12.9. The van der Waals surface area contributed by atoms with Crippen LogP contribution in [0.2, 0.25) is 0 Å². The number of benzene rings is 2. The number of nitrogens with one attached hydrogen (secondary N) is 1. The summed E-state index contributed by atoms with van der Waals surface area (Å²) in [5, 5.41) is 13.1. The number of aliphatic hydroxyl groups is 1. The van der Waals surface area contributed by atoms with E-state index >= 15 is 0 Å². The fraction of sp³-hybridized carbons (Fsp3) is 0.462. The number of carbonyl (C=O) groups excluding carboxylic acids is 2. The molecule has 2 aromatic carbocycles. The zero-order valence-corrected chi connectivity index (χ0v) is 19.2. The summed E-state index contributed by atoms with van der Waals surface area (Å²) in [5.74, 6) is 0.378. The Morgan fingerprint density at radius 3 is 2.59 bits per heavy atom. The normalized spacial score (nSPS) is 21.5. The van der Waals surface area contributed by atoms with Gasteiger partial charge in [0.25, 0.3) is 5.91 Å². The van der Waals surface area contributed by atoms with Crippen LogP contribution >= 0.6 is 0 Å². The molecule has 2 heterocycles. The highest BCUT2D eigenvalue weighted by Gasteiger charge is 2.36. The number of fused-ring (bicyclic) bond motifs is 1. The third-order valence-corrected chi connectivity index (χ3v) is 6.41. The lowest BCUT2D eigenvalue weighted by Gasteiger charge is -2.27. The molecule has 0 saturated carbocycles. The predicted molar refractivity (Wildman–Crippen MR) is 122 cm³/mol. The molecule has 0 aliphatic carbocycles. The first-order valence-electron chi connectivity index (χ1n) is 11.2. The zero-order chi connectivity index (χ0) is 23.0. The van der Waals surface area contributed by atoms with Gasteiger partial charge in [-0.1, -0.05) is 18.2 Å². The van der Waals surface area contributed by atoms with E-state index in [1.807, 2.05) is 32.0 Å². The smallest absolute Gasteiger partial charge is 0.308 e. The highest BCUT2D eigenvalue weighted by Crippen LogP contribution is 2.45. The molecular weight excluding hydrogens is 406 g/mol. The Balaban J connectivity index is 1.66. The number of anilines is 1. The summed E-state index contributed by atoms with van der Waals surface area (Å²) < 4.78 is 11.8. The number of carbonyl (C=O) groups is 2. The van der Waals surface area contributed by atoms with Crippen LogP contribution in [0.5, 0.6) is 5.75 Å². The molecule has 0 radical (unpaired) electrons. The van der Waals surface area contributed by atoms with Crippen molar-refractivity contribution < 1.29 is 24.2 Å². The van der Waals surface area contributed by atoms with E-state index in [0.717, 1.165) is 40.1 Å². The number of ether oxygens (including phenoxy) is 2. The lowest BCUT2D eigenvalue weighted by Crippen LogP contribution is -2.32. The van der Waals surface area contributed by atoms with Crippen LogP contribution in [0.15, 0.2) is 30.3 Å². The summed E-state index contributed by atoms with van der Waals surface area (Å²) in [6.45, 7) is 8.15. The third kappa shape index (κ3) is 4.51. The molecule has 0 spiro atoms. The molecule has 2 aromatic rings. The number of esters is 1. The van der Waals surface area contributed by atoms with Gasteiger partial charge < -0.3 is 19.9 Å². The van der Waals surface area contributed by atoms with Gasteiger partial charge in [0.15, 0.2) is 0 Å². The van der Waals surface area contributed by atoms with Crippen molar-refractivity contribution in [1.29, 1.82) is 0 Å². The molecule has 2 aliphatic rings. The van der Waals surface area contributed by atoms with Crippen LogP contribution in [0.25, 0.3) is 0 Å². The van der Waals surface area contributed by atoms with Crippen molar-refractivity contribution in [2.24, 2.45) is 0 Å². The fourth-order valence-electron chi connectivity index (χ4n) is 4.79. The van der Waals surface area contributed by atoms with Gasteiger partial charge in [0, 0.05) is 29.7 Å². The van der Waals surface area contributed by atoms with E-state index in [0.29, 0.717) is 24.8 Å². The summed E-state index contributed by atoms with van der Waals surface area (Å²) in [6, 6.07) is 9.17. The average molecular weight is 438 g/mol. The standard InChI is InChI=1S/C26H31NO5/c1-15-20(11-10-19-12-18(28)13-22(29)31-19)24-21(14-26(3,4)32-24)16(2)23(15)27-25(30)17-8-6-5-7-9-17/h5-9,18-19,28H,10-14H2,1-4H3,(H,27,30). The zero-order valence-electron chi connectivity index (χ0n) is 19.2. The summed E-state index contributed by atoms with van der Waals surface area (Å²) in [5.41, 5.74) is 5.21. The van der Waals surface area contributed by atoms with Gasteiger partial charge in [-0.2, -0.15) is 0 Å². The van der Waals surface area contributed by atoms with Gasteiger partial charge in [-0.05, 0) is 69.4 Å². The van der Waals surface area contributed by atoms with Crippen LogP contribution in [-0.2, 0) is 22.4 Å². The summed E-state index contributed by atoms with van der Waals surface area (Å²) in [4.78, 5) is 24.6. The first-order valence-corrected chi connectivity index (χ1v) is 11.2. The lowest BCUT2D eigenvalue weighted by atomic mass is 9.89. The maximum absolute atomic E-state index is 12.9. The fourth-order valence-corrected chi connectivity index (χ4v) is 4.79. The van der Waals surface area contributed by atoms with Crippen molar-refractivity contribution >= 4 is 17.6 Å². The highest BCUT2D eigenvalue weighted by atomic mass is 16.5. The first kappa shape index (κ1) is 22.3. The SMILES string of the molecule is Cc1c(CCC2CC(O)CC(=O)O2)c2c(c(C)c1NC(=O)c1ccccc1)CC(C)(C)O2. The van der Waals surface area contributed by atoms with Gasteiger partial charge in [0.1, 0.15) is 17.5 Å². The number of rotatable bonds is 5. The van der Waals surface area contributed by atoms with E-state index in [4.69, 9.17) is 9.47 Å². The Bertz CT molecular complexity index is 1040. The van der Waals surface area contributed by atoms with Gasteiger partial charge in [-0.3, -0.25) is 9.59 Å². The molecule has 4 rings (SSSR count). The number of hydrogen-bond acceptors (Lipinski definition) is 5. The third-order valence-electron chi connectivity index (χ3n) is 6.41. The molecule has 2 unspecified atom stereocenters. The van der Waals surface area contributed by atoms with Gasteiger partial charge in [0.2, 0.25) is 0 Å². The Kier molecular flexibility index (Phi) is 5.99. The number of hydrogen-bond donors (Lipinski definition) is 2. The van der Waals surface area contributed by atoms with E-state index in [1.165, 1.54) is 0 Å². The van der Waals surface area contributed by atoms with Crippen LogP contribution in [0.3, 0.4) is 0 Å². The van der Waals surface area contributed by atoms with Gasteiger partial charge in [0.05, 0.1) is 12.5 Å². The van der Waals surface area contributed by atoms with Crippen molar-refractivity contribution in [2.75, 3.05) is 5.32 Å². The van der Waals surface area contributed by atoms with Crippen LogP contribution in [0.1, 0.15) is 65.7 Å². The van der Waals surface area contributed by atoms with Crippen molar-refractivity contribution in [3.63, 3.8) is 0 Å². The van der Waals surface area contributed by atoms with E-state index in [-0.39, 0.29) is 30.0 Å². The first-order chi connectivity index (χ1) is 15.1. The second kappa shape index (κ2) is 8.58. The van der Waals surface area contributed by atoms with Crippen molar-refractivity contribution in [1.82, 2.24) is 0 Å². The minimum absolute atomic E-state index is 0.0580. The largest absolute Gasteiger partial charge is 0.487 e. The van der Waals surface area contributed by atoms with Crippen LogP contribution in [-0.4, -0.2) is 34.8 Å². The molecule has 2 atom stereocenters. The number of amides is 1. The molecule has 1 saturated heterocycles. The Hall–Kier alpha value is -2.86. The van der Waals surface area contributed by atoms with Gasteiger partial charge >= 0.3 is 5.97 Å². The summed E-state index contributed by atoms with van der Waals surface area (Å²) in [7, 11) is 0. The molecule has 0 bridgehead atoms. The molecular formula is C26H31NO5. The Labute approximate surface area is 188 Å². The topological polar surface area (TPSA) is 84.9 Å². The number of aliphatic hydroxyl groups excluding tert-OH is 1. The molecule has 1 fully saturated rings. The van der Waals surface area contributed by atoms with E-state index in [2.05, 4.69) is 19.2 Å². The van der Waals surface area contributed by atoms with Crippen LogP contribution < -0.4 is 10.1 Å². The average Bonchev–Trinajstić information content (AvgIpc) is 3.06. The maximum Gasteiger partial charge on any atom is 0.308 e. The monoisotopic (exact) mass is 437 g/mol. The summed E-state index contributed by atoms with van der Waals surface area (Å²) in [6.07, 6.45) is 1.51. The molecule has 2 aliphatic heterocycles. The second-order valence-corrected chi connectivity index (χ2v) is 9.51. The second-order valence-electron chi connectivity index (χ2n) is 9.51. The minimum Gasteiger partial charge on any atom is -0.487 e. The van der Waals surface area contributed by atoms with Gasteiger partial charge in [-0.25, -0.2) is 0 Å². The highest BCUT2D eigenvalue weighted by molar-refractivity contribution is 6.05. The van der Waals surface area contributed by atoms with Crippen LogP contribution in [0, 0.1) is 13.8 Å². The molecule has 6 heteroatoms. The molecule has 32 heavy (non-hydrogen) atoms. The minimum atomic E-state index is -0.651. The van der Waals surface area contributed by atoms with E-state index in [1.54, 1.807) is 12.1 Å². The lowest BCUT2D eigenvalue weighted by molar-refractivity contribution is -0.160. The van der Waals surface area contributed by atoms with E-state index < -0.39 is 6.10 Å². The van der Waals surface area contributed by atoms with Crippen molar-refractivity contribution in [3.05, 3.63) is 58.1 Å². The van der Waals surface area contributed by atoms with Crippen molar-refractivity contribution in [2.45, 2.75) is 77.6 Å². The molecule has 6 nitrogen and oxygen atoms in total. The quantitative estimate of drug-likeness (QED) is 0.683.